The van der Waals surface area contributed by atoms with Crippen LogP contribution in [0.1, 0.15) is 37.3 Å². The van der Waals surface area contributed by atoms with Crippen molar-refractivity contribution in [1.29, 1.82) is 0 Å². The van der Waals surface area contributed by atoms with Crippen molar-refractivity contribution in [1.82, 2.24) is 24.9 Å². The van der Waals surface area contributed by atoms with Crippen LogP contribution in [0.5, 0.6) is 0 Å². The third kappa shape index (κ3) is 3.03. The van der Waals surface area contributed by atoms with Crippen molar-refractivity contribution in [2.45, 2.75) is 45.8 Å². The maximum Gasteiger partial charge on any atom is 0.222 e. The average molecular weight is 353 g/mol. The number of rotatable bonds is 5. The standard InChI is InChI=1S/C19H23N5O2/c1-3-17(25)23(12-16-8-5-9-26-16)11-15-10-14-7-4-6-13(2)18(14)24-19(15)20-21-22-24/h4,6-7,10,16H,3,5,8-9,11-12H2,1-2H3. The van der Waals surface area contributed by atoms with Gasteiger partial charge in [-0.3, -0.25) is 4.79 Å². The molecule has 0 N–H and O–H groups in total. The van der Waals surface area contributed by atoms with Gasteiger partial charge in [-0.2, -0.15) is 4.52 Å². The van der Waals surface area contributed by atoms with Gasteiger partial charge >= 0.3 is 0 Å². The van der Waals surface area contributed by atoms with Crippen molar-refractivity contribution < 1.29 is 9.53 Å². The van der Waals surface area contributed by atoms with Crippen molar-refractivity contribution in [2.75, 3.05) is 13.2 Å². The van der Waals surface area contributed by atoms with Crippen LogP contribution < -0.4 is 0 Å². The second-order valence-corrected chi connectivity index (χ2v) is 6.86. The Kier molecular flexibility index (Phi) is 4.55. The van der Waals surface area contributed by atoms with E-state index in [0.29, 0.717) is 25.2 Å². The lowest BCUT2D eigenvalue weighted by Crippen LogP contribution is -2.36. The van der Waals surface area contributed by atoms with Gasteiger partial charge in [0, 0.05) is 37.1 Å². The molecule has 3 aromatic rings. The Bertz CT molecular complexity index is 946. The molecular formula is C19H23N5O2. The number of amides is 1. The highest BCUT2D eigenvalue weighted by atomic mass is 16.5. The fourth-order valence-corrected chi connectivity index (χ4v) is 3.71. The van der Waals surface area contributed by atoms with Crippen LogP contribution in [-0.2, 0) is 16.1 Å². The molecule has 1 saturated heterocycles. The summed E-state index contributed by atoms with van der Waals surface area (Å²) in [5.74, 6) is 0.121. The molecule has 0 bridgehead atoms. The minimum absolute atomic E-state index is 0.121. The monoisotopic (exact) mass is 353 g/mol. The fourth-order valence-electron chi connectivity index (χ4n) is 3.71. The summed E-state index contributed by atoms with van der Waals surface area (Å²) in [6.07, 6.45) is 2.67. The lowest BCUT2D eigenvalue weighted by atomic mass is 10.1. The van der Waals surface area contributed by atoms with Crippen LogP contribution in [0.15, 0.2) is 24.3 Å². The van der Waals surface area contributed by atoms with Gasteiger partial charge in [-0.25, -0.2) is 0 Å². The molecule has 0 spiro atoms. The Morgan fingerprint density at radius 2 is 2.31 bits per heavy atom. The quantitative estimate of drug-likeness (QED) is 0.705. The number of carbonyl (C=O) groups is 1. The SMILES string of the molecule is CCC(=O)N(Cc1cc2cccc(C)c2n2nnnc12)CC1CCCO1. The zero-order valence-electron chi connectivity index (χ0n) is 15.2. The van der Waals surface area contributed by atoms with Gasteiger partial charge in [-0.1, -0.05) is 25.1 Å². The van der Waals surface area contributed by atoms with E-state index in [1.54, 1.807) is 4.52 Å². The first-order chi connectivity index (χ1) is 12.7. The predicted octanol–water partition coefficient (Wildman–Crippen LogP) is 2.50. The lowest BCUT2D eigenvalue weighted by molar-refractivity contribution is -0.133. The molecule has 3 heterocycles. The van der Waals surface area contributed by atoms with Crippen molar-refractivity contribution in [3.8, 4) is 0 Å². The summed E-state index contributed by atoms with van der Waals surface area (Å²) in [6, 6.07) is 8.23. The summed E-state index contributed by atoms with van der Waals surface area (Å²) in [7, 11) is 0. The number of fused-ring (bicyclic) bond motifs is 3. The maximum absolute atomic E-state index is 12.5. The van der Waals surface area contributed by atoms with Crippen LogP contribution >= 0.6 is 0 Å². The number of pyridine rings is 1. The third-order valence-electron chi connectivity index (χ3n) is 5.03. The van der Waals surface area contributed by atoms with Crippen LogP contribution in [0.3, 0.4) is 0 Å². The summed E-state index contributed by atoms with van der Waals surface area (Å²) in [5.41, 5.74) is 3.77. The summed E-state index contributed by atoms with van der Waals surface area (Å²) in [6.45, 7) is 5.83. The number of carbonyl (C=O) groups excluding carboxylic acids is 1. The Morgan fingerprint density at radius 3 is 3.08 bits per heavy atom. The number of hydrogen-bond donors (Lipinski definition) is 0. The highest BCUT2D eigenvalue weighted by Crippen LogP contribution is 2.24. The number of para-hydroxylation sites is 1. The predicted molar refractivity (Wildman–Crippen MR) is 97.7 cm³/mol. The van der Waals surface area contributed by atoms with E-state index in [-0.39, 0.29) is 12.0 Å². The number of tetrazole rings is 1. The van der Waals surface area contributed by atoms with E-state index < -0.39 is 0 Å². The van der Waals surface area contributed by atoms with E-state index in [1.807, 2.05) is 30.9 Å². The van der Waals surface area contributed by atoms with Crippen molar-refractivity contribution in [2.24, 2.45) is 0 Å². The molecule has 26 heavy (non-hydrogen) atoms. The third-order valence-corrected chi connectivity index (χ3v) is 5.03. The largest absolute Gasteiger partial charge is 0.376 e. The minimum atomic E-state index is 0.121. The molecule has 1 unspecified atom stereocenters. The molecule has 136 valence electrons. The molecule has 0 radical (unpaired) electrons. The van der Waals surface area contributed by atoms with Gasteiger partial charge in [-0.15, -0.1) is 5.10 Å². The summed E-state index contributed by atoms with van der Waals surface area (Å²) >= 11 is 0. The van der Waals surface area contributed by atoms with Crippen molar-refractivity contribution in [3.05, 3.63) is 35.4 Å². The van der Waals surface area contributed by atoms with Gasteiger partial charge in [0.2, 0.25) is 5.91 Å². The van der Waals surface area contributed by atoms with E-state index in [0.717, 1.165) is 41.5 Å². The number of nitrogens with zero attached hydrogens (tertiary/aromatic N) is 5. The van der Waals surface area contributed by atoms with Gasteiger partial charge in [0.25, 0.3) is 0 Å². The number of aromatic nitrogens is 4. The smallest absolute Gasteiger partial charge is 0.222 e. The highest BCUT2D eigenvalue weighted by Gasteiger charge is 2.23. The van der Waals surface area contributed by atoms with Crippen LogP contribution in [-0.4, -0.2) is 50.1 Å². The van der Waals surface area contributed by atoms with Gasteiger partial charge in [-0.05, 0) is 41.8 Å². The fraction of sp³-hybridized carbons (Fsp3) is 0.474. The normalized spacial score (nSPS) is 17.2. The van der Waals surface area contributed by atoms with Gasteiger partial charge in [0.05, 0.1) is 11.6 Å². The lowest BCUT2D eigenvalue weighted by Gasteiger charge is -2.25. The van der Waals surface area contributed by atoms with Gasteiger partial charge < -0.3 is 9.64 Å². The van der Waals surface area contributed by atoms with E-state index in [9.17, 15) is 4.79 Å². The maximum atomic E-state index is 12.5. The van der Waals surface area contributed by atoms with Crippen molar-refractivity contribution >= 4 is 22.5 Å². The Hall–Kier alpha value is -2.54. The number of ether oxygens (including phenoxy) is 1. The van der Waals surface area contributed by atoms with Gasteiger partial charge in [0.15, 0.2) is 5.65 Å². The van der Waals surface area contributed by atoms with Crippen LogP contribution in [0.2, 0.25) is 0 Å². The Morgan fingerprint density at radius 1 is 1.42 bits per heavy atom. The molecule has 4 rings (SSSR count). The second kappa shape index (κ2) is 6.99. The Balaban J connectivity index is 1.73. The second-order valence-electron chi connectivity index (χ2n) is 6.86. The summed E-state index contributed by atoms with van der Waals surface area (Å²) < 4.78 is 7.51. The molecule has 1 atom stereocenters. The van der Waals surface area contributed by atoms with E-state index in [1.165, 1.54) is 0 Å². The zero-order chi connectivity index (χ0) is 18.1. The zero-order valence-corrected chi connectivity index (χ0v) is 15.2. The number of hydrogen-bond acceptors (Lipinski definition) is 5. The summed E-state index contributed by atoms with van der Waals surface area (Å²) in [5, 5.41) is 13.3. The van der Waals surface area contributed by atoms with E-state index in [4.69, 9.17) is 4.74 Å². The molecule has 1 aliphatic heterocycles. The topological polar surface area (TPSA) is 72.6 Å². The molecule has 1 aliphatic rings. The first-order valence-corrected chi connectivity index (χ1v) is 9.16. The first kappa shape index (κ1) is 16.9. The molecule has 1 aromatic carbocycles. The molecule has 0 aliphatic carbocycles. The molecule has 1 fully saturated rings. The van der Waals surface area contributed by atoms with E-state index >= 15 is 0 Å². The van der Waals surface area contributed by atoms with Crippen molar-refractivity contribution in [3.63, 3.8) is 0 Å². The number of aryl methyl sites for hydroxylation is 1. The van der Waals surface area contributed by atoms with E-state index in [2.05, 4.69) is 27.7 Å². The minimum Gasteiger partial charge on any atom is -0.376 e. The number of benzene rings is 1. The average Bonchev–Trinajstić information content (AvgIpc) is 3.32. The van der Waals surface area contributed by atoms with Gasteiger partial charge in [0.1, 0.15) is 0 Å². The molecular weight excluding hydrogens is 330 g/mol. The molecule has 7 heteroatoms. The molecule has 1 amide bonds. The van der Waals surface area contributed by atoms with Crippen LogP contribution in [0.25, 0.3) is 16.6 Å². The highest BCUT2D eigenvalue weighted by molar-refractivity contribution is 5.86. The van der Waals surface area contributed by atoms with Crippen LogP contribution in [0.4, 0.5) is 0 Å². The first-order valence-electron chi connectivity index (χ1n) is 9.16. The summed E-state index contributed by atoms with van der Waals surface area (Å²) in [4.78, 5) is 14.4. The molecule has 7 nitrogen and oxygen atoms in total. The molecule has 0 saturated carbocycles. The van der Waals surface area contributed by atoms with Crippen LogP contribution in [0, 0.1) is 6.92 Å². The molecule has 2 aromatic heterocycles. The Labute approximate surface area is 151 Å².